The Balaban J connectivity index is 2.49. The number of carbonyl (C=O) groups is 2. The van der Waals surface area contributed by atoms with E-state index in [1.807, 2.05) is 6.92 Å². The molecule has 0 radical (unpaired) electrons. The number of thioether (sulfide) groups is 1. The van der Waals surface area contributed by atoms with E-state index in [0.717, 1.165) is 19.3 Å². The van der Waals surface area contributed by atoms with E-state index >= 15 is 0 Å². The van der Waals surface area contributed by atoms with Crippen molar-refractivity contribution in [1.29, 1.82) is 0 Å². The quantitative estimate of drug-likeness (QED) is 0.302. The van der Waals surface area contributed by atoms with E-state index in [0.29, 0.717) is 28.9 Å². The highest BCUT2D eigenvalue weighted by atomic mass is 32.2. The minimum atomic E-state index is -0.291. The van der Waals surface area contributed by atoms with Crippen molar-refractivity contribution in [3.05, 3.63) is 0 Å². The fourth-order valence-electron chi connectivity index (χ4n) is 1.68. The van der Waals surface area contributed by atoms with Gasteiger partial charge in [-0.25, -0.2) is 0 Å². The van der Waals surface area contributed by atoms with E-state index < -0.39 is 0 Å². The van der Waals surface area contributed by atoms with Crippen LogP contribution < -0.4 is 5.32 Å². The van der Waals surface area contributed by atoms with E-state index in [1.165, 1.54) is 23.1 Å². The largest absolute Gasteiger partial charge is 0.465 e. The summed E-state index contributed by atoms with van der Waals surface area (Å²) in [5, 5.41) is 10.9. The van der Waals surface area contributed by atoms with Gasteiger partial charge in [0.2, 0.25) is 11.0 Å². The number of unbranched alkanes of at least 4 members (excludes halogenated alkanes) is 2. The Morgan fingerprint density at radius 2 is 2.05 bits per heavy atom. The zero-order valence-electron chi connectivity index (χ0n) is 13.3. The molecule has 1 aromatic heterocycles. The van der Waals surface area contributed by atoms with E-state index in [-0.39, 0.29) is 17.1 Å². The van der Waals surface area contributed by atoms with Crippen molar-refractivity contribution < 1.29 is 14.3 Å². The molecule has 1 atom stereocenters. The van der Waals surface area contributed by atoms with E-state index in [2.05, 4.69) is 22.4 Å². The lowest BCUT2D eigenvalue weighted by Gasteiger charge is -2.10. The van der Waals surface area contributed by atoms with Crippen LogP contribution in [0.3, 0.4) is 0 Å². The molecule has 124 valence electrons. The summed E-state index contributed by atoms with van der Waals surface area (Å²) >= 11 is 2.61. The van der Waals surface area contributed by atoms with Crippen LogP contribution in [0.1, 0.15) is 52.9 Å². The highest BCUT2D eigenvalue weighted by Gasteiger charge is 2.21. The lowest BCUT2D eigenvalue weighted by Crippen LogP contribution is -2.19. The third kappa shape index (κ3) is 6.74. The third-order valence-corrected chi connectivity index (χ3v) is 5.09. The predicted molar refractivity (Wildman–Crippen MR) is 89.2 cm³/mol. The van der Waals surface area contributed by atoms with Crippen molar-refractivity contribution in [3.63, 3.8) is 0 Å². The van der Waals surface area contributed by atoms with Gasteiger partial charge < -0.3 is 10.1 Å². The summed E-state index contributed by atoms with van der Waals surface area (Å²) in [6, 6.07) is 0. The van der Waals surface area contributed by atoms with Crippen LogP contribution in [0.2, 0.25) is 0 Å². The van der Waals surface area contributed by atoms with E-state index in [4.69, 9.17) is 4.74 Å². The molecule has 1 amide bonds. The van der Waals surface area contributed by atoms with Crippen LogP contribution in [-0.4, -0.2) is 33.9 Å². The second kappa shape index (κ2) is 10.6. The van der Waals surface area contributed by atoms with Gasteiger partial charge in [-0.1, -0.05) is 49.8 Å². The molecule has 1 rings (SSSR count). The molecule has 0 saturated carbocycles. The van der Waals surface area contributed by atoms with Crippen molar-refractivity contribution in [1.82, 2.24) is 10.2 Å². The number of rotatable bonds is 10. The van der Waals surface area contributed by atoms with E-state index in [9.17, 15) is 9.59 Å². The summed E-state index contributed by atoms with van der Waals surface area (Å²) in [6.45, 7) is 6.17. The van der Waals surface area contributed by atoms with Crippen LogP contribution in [0.25, 0.3) is 0 Å². The summed E-state index contributed by atoms with van der Waals surface area (Å²) in [6.07, 6.45) is 4.16. The van der Waals surface area contributed by atoms with Gasteiger partial charge in [-0.2, -0.15) is 0 Å². The normalized spacial score (nSPS) is 12.0. The maximum absolute atomic E-state index is 11.8. The standard InChI is InChI=1S/C14H23N3O3S2/c1-4-7-8-9-11(18)15-13-16-17-14(22-13)21-10(5-2)12(19)20-6-3/h10H,4-9H2,1-3H3,(H,15,16,18)/t10-/m1/s1. The van der Waals surface area contributed by atoms with Crippen LogP contribution >= 0.6 is 23.1 Å². The number of carbonyl (C=O) groups excluding carboxylic acids is 2. The summed E-state index contributed by atoms with van der Waals surface area (Å²) in [7, 11) is 0. The number of esters is 1. The fraction of sp³-hybridized carbons (Fsp3) is 0.714. The van der Waals surface area contributed by atoms with Gasteiger partial charge in [0.05, 0.1) is 6.61 Å². The topological polar surface area (TPSA) is 81.2 Å². The van der Waals surface area contributed by atoms with Gasteiger partial charge in [0.25, 0.3) is 0 Å². The summed E-state index contributed by atoms with van der Waals surface area (Å²) < 4.78 is 5.68. The Hall–Kier alpha value is -1.15. The molecule has 0 unspecified atom stereocenters. The average molecular weight is 345 g/mol. The fourth-order valence-corrected chi connectivity index (χ4v) is 3.61. The number of nitrogens with one attached hydrogen (secondary N) is 1. The first-order chi connectivity index (χ1) is 10.6. The Morgan fingerprint density at radius 3 is 2.68 bits per heavy atom. The number of anilines is 1. The Labute approximate surface area is 139 Å². The van der Waals surface area contributed by atoms with Crippen LogP contribution in [0.15, 0.2) is 4.34 Å². The van der Waals surface area contributed by atoms with Gasteiger partial charge >= 0.3 is 5.97 Å². The van der Waals surface area contributed by atoms with Crippen LogP contribution in [0.4, 0.5) is 5.13 Å². The lowest BCUT2D eigenvalue weighted by atomic mass is 10.2. The Bertz CT molecular complexity index is 480. The van der Waals surface area contributed by atoms with Crippen LogP contribution in [0.5, 0.6) is 0 Å². The number of aromatic nitrogens is 2. The van der Waals surface area contributed by atoms with Crippen molar-refractivity contribution in [2.75, 3.05) is 11.9 Å². The van der Waals surface area contributed by atoms with Gasteiger partial charge in [0.1, 0.15) is 5.25 Å². The van der Waals surface area contributed by atoms with Crippen LogP contribution in [0, 0.1) is 0 Å². The molecule has 0 aliphatic heterocycles. The predicted octanol–water partition coefficient (Wildman–Crippen LogP) is 3.49. The van der Waals surface area contributed by atoms with Crippen molar-refractivity contribution >= 4 is 40.1 Å². The molecule has 1 N–H and O–H groups in total. The van der Waals surface area contributed by atoms with Crippen molar-refractivity contribution in [2.45, 2.75) is 62.5 Å². The molecule has 0 spiro atoms. The molecular weight excluding hydrogens is 322 g/mol. The summed E-state index contributed by atoms with van der Waals surface area (Å²) in [4.78, 5) is 23.5. The molecule has 8 heteroatoms. The highest BCUT2D eigenvalue weighted by molar-refractivity contribution is 8.02. The van der Waals surface area contributed by atoms with Gasteiger partial charge in [-0.3, -0.25) is 9.59 Å². The first kappa shape index (κ1) is 18.9. The summed E-state index contributed by atoms with van der Waals surface area (Å²) in [5.74, 6) is -0.283. The first-order valence-corrected chi connectivity index (χ1v) is 9.26. The maximum Gasteiger partial charge on any atom is 0.319 e. The van der Waals surface area contributed by atoms with Gasteiger partial charge in [0.15, 0.2) is 4.34 Å². The molecular formula is C14H23N3O3S2. The Kier molecular flexibility index (Phi) is 9.07. The maximum atomic E-state index is 11.8. The average Bonchev–Trinajstić information content (AvgIpc) is 2.92. The van der Waals surface area contributed by atoms with Gasteiger partial charge in [-0.05, 0) is 19.8 Å². The molecule has 0 aliphatic carbocycles. The number of ether oxygens (including phenoxy) is 1. The van der Waals surface area contributed by atoms with E-state index in [1.54, 1.807) is 6.92 Å². The third-order valence-electron chi connectivity index (χ3n) is 2.82. The summed E-state index contributed by atoms with van der Waals surface area (Å²) in [5.41, 5.74) is 0. The van der Waals surface area contributed by atoms with Gasteiger partial charge in [-0.15, -0.1) is 10.2 Å². The second-order valence-corrected chi connectivity index (χ2v) is 7.07. The zero-order chi connectivity index (χ0) is 16.4. The number of nitrogens with zero attached hydrogens (tertiary/aromatic N) is 2. The van der Waals surface area contributed by atoms with Crippen molar-refractivity contribution in [2.24, 2.45) is 0 Å². The molecule has 22 heavy (non-hydrogen) atoms. The number of amides is 1. The zero-order valence-corrected chi connectivity index (χ0v) is 14.9. The molecule has 1 aromatic rings. The number of hydrogen-bond acceptors (Lipinski definition) is 7. The molecule has 0 aliphatic rings. The SMILES string of the molecule is CCCCCC(=O)Nc1nnc(S[C@H](CC)C(=O)OCC)s1. The molecule has 0 aromatic carbocycles. The first-order valence-electron chi connectivity index (χ1n) is 7.57. The number of hydrogen-bond donors (Lipinski definition) is 1. The molecule has 0 saturated heterocycles. The minimum Gasteiger partial charge on any atom is -0.465 e. The second-order valence-electron chi connectivity index (χ2n) is 4.65. The lowest BCUT2D eigenvalue weighted by molar-refractivity contribution is -0.142. The minimum absolute atomic E-state index is 0.0430. The van der Waals surface area contributed by atoms with Gasteiger partial charge in [0, 0.05) is 6.42 Å². The smallest absolute Gasteiger partial charge is 0.319 e. The van der Waals surface area contributed by atoms with Crippen LogP contribution in [-0.2, 0) is 14.3 Å². The molecule has 0 fully saturated rings. The monoisotopic (exact) mass is 345 g/mol. The molecule has 0 bridgehead atoms. The Morgan fingerprint density at radius 1 is 1.27 bits per heavy atom. The molecule has 6 nitrogen and oxygen atoms in total. The highest BCUT2D eigenvalue weighted by Crippen LogP contribution is 2.31. The molecule has 1 heterocycles. The van der Waals surface area contributed by atoms with Crippen molar-refractivity contribution in [3.8, 4) is 0 Å².